The molecule has 5 nitrogen and oxygen atoms in total. The van der Waals surface area contributed by atoms with Crippen LogP contribution in [0.4, 0.5) is 0 Å². The van der Waals surface area contributed by atoms with E-state index in [2.05, 4.69) is 0 Å². The van der Waals surface area contributed by atoms with Crippen LogP contribution in [0.2, 0.25) is 0 Å². The quantitative estimate of drug-likeness (QED) is 0.817. The summed E-state index contributed by atoms with van der Waals surface area (Å²) in [6, 6.07) is 4.28. The molecule has 0 unspecified atom stereocenters. The fraction of sp³-hybridized carbons (Fsp3) is 0.417. The van der Waals surface area contributed by atoms with Crippen molar-refractivity contribution in [3.05, 3.63) is 23.8 Å². The summed E-state index contributed by atoms with van der Waals surface area (Å²) in [5.41, 5.74) is 0.673. The van der Waals surface area contributed by atoms with Gasteiger partial charge in [-0.25, -0.2) is 8.42 Å². The zero-order valence-electron chi connectivity index (χ0n) is 10.6. The molecule has 0 atom stereocenters. The average molecular weight is 307 g/mol. The number of hydrogen-bond acceptors (Lipinski definition) is 4. The van der Waals surface area contributed by atoms with Crippen LogP contribution in [0.3, 0.4) is 0 Å². The van der Waals surface area contributed by atoms with Gasteiger partial charge < -0.3 is 9.84 Å². The molecule has 1 aromatic carbocycles. The van der Waals surface area contributed by atoms with Gasteiger partial charge in [0.2, 0.25) is 0 Å². The number of benzene rings is 1. The highest BCUT2D eigenvalue weighted by atomic mass is 35.7. The number of ether oxygens (including phenoxy) is 1. The number of halogens is 1. The van der Waals surface area contributed by atoms with Gasteiger partial charge in [0.1, 0.15) is 5.75 Å². The van der Waals surface area contributed by atoms with Gasteiger partial charge in [-0.3, -0.25) is 4.79 Å². The van der Waals surface area contributed by atoms with E-state index in [1.54, 1.807) is 0 Å². The Labute approximate surface area is 116 Å². The maximum absolute atomic E-state index is 11.3. The summed E-state index contributed by atoms with van der Waals surface area (Å²) in [4.78, 5) is 10.4. The molecule has 0 saturated heterocycles. The number of carboxylic acid groups (broad SMARTS) is 1. The van der Waals surface area contributed by atoms with Gasteiger partial charge in [-0.2, -0.15) is 0 Å². The molecule has 0 aromatic heterocycles. The van der Waals surface area contributed by atoms with Gasteiger partial charge in [0.15, 0.2) is 0 Å². The van der Waals surface area contributed by atoms with E-state index < -0.39 is 15.0 Å². The van der Waals surface area contributed by atoms with E-state index >= 15 is 0 Å². The first kappa shape index (κ1) is 15.8. The fourth-order valence-corrected chi connectivity index (χ4v) is 2.30. The van der Waals surface area contributed by atoms with Crippen molar-refractivity contribution in [2.45, 2.75) is 31.1 Å². The normalized spacial score (nSPS) is 11.6. The Morgan fingerprint density at radius 3 is 2.53 bits per heavy atom. The van der Waals surface area contributed by atoms with Crippen molar-refractivity contribution in [3.8, 4) is 5.75 Å². The van der Waals surface area contributed by atoms with Gasteiger partial charge >= 0.3 is 5.97 Å². The molecule has 0 saturated carbocycles. The van der Waals surface area contributed by atoms with E-state index in [1.165, 1.54) is 18.2 Å². The third kappa shape index (κ3) is 4.72. The molecule has 7 heteroatoms. The van der Waals surface area contributed by atoms with Crippen molar-refractivity contribution in [1.82, 2.24) is 0 Å². The molecular weight excluding hydrogens is 292 g/mol. The molecule has 106 valence electrons. The van der Waals surface area contributed by atoms with Crippen molar-refractivity contribution < 1.29 is 23.1 Å². The van der Waals surface area contributed by atoms with Gasteiger partial charge in [0, 0.05) is 10.7 Å². The molecule has 1 N–H and O–H groups in total. The van der Waals surface area contributed by atoms with Crippen molar-refractivity contribution in [2.24, 2.45) is 0 Å². The molecule has 1 rings (SSSR count). The first-order valence-corrected chi connectivity index (χ1v) is 7.96. The molecule has 0 spiro atoms. The van der Waals surface area contributed by atoms with E-state index in [4.69, 9.17) is 20.5 Å². The van der Waals surface area contributed by atoms with Crippen molar-refractivity contribution in [2.75, 3.05) is 6.61 Å². The SMILES string of the molecule is CC(C)c1cc(S(=O)(=O)Cl)ccc1OCCC(=O)O. The summed E-state index contributed by atoms with van der Waals surface area (Å²) in [6.07, 6.45) is -0.118. The fourth-order valence-electron chi connectivity index (χ4n) is 1.51. The van der Waals surface area contributed by atoms with E-state index in [-0.39, 0.29) is 23.8 Å². The topological polar surface area (TPSA) is 80.7 Å². The number of aliphatic carboxylic acids is 1. The first-order valence-electron chi connectivity index (χ1n) is 5.65. The molecule has 0 aliphatic heterocycles. The summed E-state index contributed by atoms with van der Waals surface area (Å²) >= 11 is 0. The molecule has 0 aliphatic carbocycles. The Morgan fingerprint density at radius 2 is 2.05 bits per heavy atom. The van der Waals surface area contributed by atoms with Crippen LogP contribution in [0, 0.1) is 0 Å². The standard InChI is InChI=1S/C12H15ClO5S/c1-8(2)10-7-9(19(13,16)17)3-4-11(10)18-6-5-12(14)15/h3-4,7-8H,5-6H2,1-2H3,(H,14,15). The maximum atomic E-state index is 11.3. The van der Waals surface area contributed by atoms with Gasteiger partial charge in [-0.1, -0.05) is 13.8 Å². The number of carbonyl (C=O) groups is 1. The highest BCUT2D eigenvalue weighted by Crippen LogP contribution is 2.30. The second-order valence-electron chi connectivity index (χ2n) is 4.28. The third-order valence-corrected chi connectivity index (χ3v) is 3.81. The highest BCUT2D eigenvalue weighted by molar-refractivity contribution is 8.13. The lowest BCUT2D eigenvalue weighted by atomic mass is 10.0. The minimum Gasteiger partial charge on any atom is -0.493 e. The van der Waals surface area contributed by atoms with Gasteiger partial charge in [0.25, 0.3) is 9.05 Å². The van der Waals surface area contributed by atoms with Gasteiger partial charge in [-0.15, -0.1) is 0 Å². The molecular formula is C12H15ClO5S. The smallest absolute Gasteiger partial charge is 0.306 e. The molecule has 0 heterocycles. The summed E-state index contributed by atoms with van der Waals surface area (Å²) in [5, 5.41) is 8.54. The van der Waals surface area contributed by atoms with Crippen molar-refractivity contribution >= 4 is 25.7 Å². The summed E-state index contributed by atoms with van der Waals surface area (Å²) in [5.74, 6) is -0.454. The van der Waals surface area contributed by atoms with Crippen LogP contribution in [0.15, 0.2) is 23.1 Å². The zero-order chi connectivity index (χ0) is 14.6. The Hall–Kier alpha value is -1.27. The predicted molar refractivity (Wildman–Crippen MR) is 71.3 cm³/mol. The molecule has 19 heavy (non-hydrogen) atoms. The molecule has 0 bridgehead atoms. The lowest BCUT2D eigenvalue weighted by molar-refractivity contribution is -0.137. The highest BCUT2D eigenvalue weighted by Gasteiger charge is 2.15. The van der Waals surface area contributed by atoms with Crippen LogP contribution in [0.25, 0.3) is 0 Å². The first-order chi connectivity index (χ1) is 8.71. The summed E-state index contributed by atoms with van der Waals surface area (Å²) < 4.78 is 27.9. The van der Waals surface area contributed by atoms with Crippen LogP contribution in [0.1, 0.15) is 31.7 Å². The molecule has 0 aliphatic rings. The van der Waals surface area contributed by atoms with E-state index in [9.17, 15) is 13.2 Å². The number of carboxylic acids is 1. The van der Waals surface area contributed by atoms with E-state index in [0.717, 1.165) is 0 Å². The molecule has 1 aromatic rings. The monoisotopic (exact) mass is 306 g/mol. The van der Waals surface area contributed by atoms with Crippen molar-refractivity contribution in [1.29, 1.82) is 0 Å². The number of hydrogen-bond donors (Lipinski definition) is 1. The van der Waals surface area contributed by atoms with E-state index in [1.807, 2.05) is 13.8 Å². The van der Waals surface area contributed by atoms with Crippen LogP contribution < -0.4 is 4.74 Å². The average Bonchev–Trinajstić information content (AvgIpc) is 2.27. The van der Waals surface area contributed by atoms with Crippen LogP contribution >= 0.6 is 10.7 Å². The second-order valence-corrected chi connectivity index (χ2v) is 6.85. The minimum atomic E-state index is -3.79. The van der Waals surface area contributed by atoms with Crippen molar-refractivity contribution in [3.63, 3.8) is 0 Å². The summed E-state index contributed by atoms with van der Waals surface area (Å²) in [7, 11) is 1.50. The van der Waals surface area contributed by atoms with Crippen LogP contribution in [0.5, 0.6) is 5.75 Å². The lowest BCUT2D eigenvalue weighted by Gasteiger charge is -2.14. The Balaban J connectivity index is 3.02. The minimum absolute atomic E-state index is 0.00320. The van der Waals surface area contributed by atoms with Gasteiger partial charge in [0.05, 0.1) is 17.9 Å². The van der Waals surface area contributed by atoms with Gasteiger partial charge in [-0.05, 0) is 29.7 Å². The molecule has 0 radical (unpaired) electrons. The third-order valence-electron chi connectivity index (χ3n) is 2.46. The zero-order valence-corrected chi connectivity index (χ0v) is 12.2. The predicted octanol–water partition coefficient (Wildman–Crippen LogP) is 2.59. The Kier molecular flexibility index (Phi) is 5.20. The Morgan fingerprint density at radius 1 is 1.42 bits per heavy atom. The Bertz CT molecular complexity index is 565. The molecule has 0 amide bonds. The maximum Gasteiger partial charge on any atom is 0.306 e. The van der Waals surface area contributed by atoms with Crippen LogP contribution in [-0.2, 0) is 13.8 Å². The van der Waals surface area contributed by atoms with E-state index in [0.29, 0.717) is 11.3 Å². The summed E-state index contributed by atoms with van der Waals surface area (Å²) in [6.45, 7) is 3.79. The lowest BCUT2D eigenvalue weighted by Crippen LogP contribution is -2.07. The molecule has 0 fully saturated rings. The largest absolute Gasteiger partial charge is 0.493 e. The van der Waals surface area contributed by atoms with Crippen LogP contribution in [-0.4, -0.2) is 26.1 Å². The number of rotatable bonds is 6. The second kappa shape index (κ2) is 6.25.